The summed E-state index contributed by atoms with van der Waals surface area (Å²) in [5.74, 6) is 1.36. The molecule has 132 valence electrons. The molecule has 0 radical (unpaired) electrons. The Morgan fingerprint density at radius 1 is 1.08 bits per heavy atom. The van der Waals surface area contributed by atoms with Crippen LogP contribution in [-0.2, 0) is 10.2 Å². The van der Waals surface area contributed by atoms with E-state index in [4.69, 9.17) is 9.84 Å². The standard InChI is InChI=1S/C20H23NO3S/c1-20(2,3)14-6-10-16(11-7-14)24-15-8-4-13(5-9-15)18-21-17(12-25-18)19(22)23/h4-11,17-18,21H,12H2,1-3H3,(H,22,23). The zero-order chi connectivity index (χ0) is 18.0. The summed E-state index contributed by atoms with van der Waals surface area (Å²) in [4.78, 5) is 11.0. The van der Waals surface area contributed by atoms with Crippen LogP contribution in [0.25, 0.3) is 0 Å². The number of carboxylic acid groups (broad SMARTS) is 1. The molecule has 0 aromatic heterocycles. The highest BCUT2D eigenvalue weighted by molar-refractivity contribution is 7.99. The van der Waals surface area contributed by atoms with E-state index in [1.807, 2.05) is 36.4 Å². The second kappa shape index (κ2) is 7.10. The maximum Gasteiger partial charge on any atom is 0.321 e. The minimum Gasteiger partial charge on any atom is -0.480 e. The van der Waals surface area contributed by atoms with Crippen molar-refractivity contribution < 1.29 is 14.6 Å². The highest BCUT2D eigenvalue weighted by atomic mass is 32.2. The molecule has 0 saturated carbocycles. The summed E-state index contributed by atoms with van der Waals surface area (Å²) >= 11 is 1.61. The normalized spacial score (nSPS) is 20.4. The van der Waals surface area contributed by atoms with Crippen LogP contribution in [0.3, 0.4) is 0 Å². The maximum atomic E-state index is 11.0. The largest absolute Gasteiger partial charge is 0.480 e. The molecule has 2 atom stereocenters. The Morgan fingerprint density at radius 3 is 2.12 bits per heavy atom. The van der Waals surface area contributed by atoms with E-state index in [0.29, 0.717) is 5.75 Å². The number of thioether (sulfide) groups is 1. The average Bonchev–Trinajstić information content (AvgIpc) is 3.05. The highest BCUT2D eigenvalue weighted by Crippen LogP contribution is 2.34. The molecule has 1 fully saturated rings. The van der Waals surface area contributed by atoms with Gasteiger partial charge >= 0.3 is 5.97 Å². The second-order valence-corrected chi connectivity index (χ2v) is 8.35. The second-order valence-electron chi connectivity index (χ2n) is 7.22. The van der Waals surface area contributed by atoms with Gasteiger partial charge in [-0.25, -0.2) is 0 Å². The summed E-state index contributed by atoms with van der Waals surface area (Å²) in [5.41, 5.74) is 2.46. The molecule has 5 heteroatoms. The zero-order valence-electron chi connectivity index (χ0n) is 14.7. The molecule has 0 amide bonds. The number of nitrogens with one attached hydrogen (secondary N) is 1. The highest BCUT2D eigenvalue weighted by Gasteiger charge is 2.30. The van der Waals surface area contributed by atoms with Crippen LogP contribution in [0, 0.1) is 0 Å². The molecule has 3 rings (SSSR count). The van der Waals surface area contributed by atoms with E-state index in [1.165, 1.54) is 5.56 Å². The molecule has 0 aliphatic carbocycles. The third kappa shape index (κ3) is 4.35. The Labute approximate surface area is 152 Å². The third-order valence-electron chi connectivity index (χ3n) is 4.22. The lowest BCUT2D eigenvalue weighted by Crippen LogP contribution is -2.33. The molecule has 2 aromatic carbocycles. The Balaban J connectivity index is 1.64. The number of rotatable bonds is 4. The Hall–Kier alpha value is -1.98. The lowest BCUT2D eigenvalue weighted by atomic mass is 9.87. The summed E-state index contributed by atoms with van der Waals surface area (Å²) in [5, 5.41) is 12.2. The Morgan fingerprint density at radius 2 is 1.64 bits per heavy atom. The monoisotopic (exact) mass is 357 g/mol. The first-order chi connectivity index (χ1) is 11.8. The van der Waals surface area contributed by atoms with E-state index in [9.17, 15) is 4.79 Å². The van der Waals surface area contributed by atoms with Gasteiger partial charge in [0.1, 0.15) is 17.5 Å². The first-order valence-corrected chi connectivity index (χ1v) is 9.36. The number of carboxylic acids is 1. The van der Waals surface area contributed by atoms with Gasteiger partial charge < -0.3 is 9.84 Å². The van der Waals surface area contributed by atoms with Crippen molar-refractivity contribution in [2.75, 3.05) is 5.75 Å². The molecule has 25 heavy (non-hydrogen) atoms. The van der Waals surface area contributed by atoms with Gasteiger partial charge in [0.05, 0.1) is 5.37 Å². The fourth-order valence-electron chi connectivity index (χ4n) is 2.68. The van der Waals surface area contributed by atoms with E-state index < -0.39 is 12.0 Å². The lowest BCUT2D eigenvalue weighted by Gasteiger charge is -2.19. The van der Waals surface area contributed by atoms with Gasteiger partial charge in [0.25, 0.3) is 0 Å². The van der Waals surface area contributed by atoms with Crippen molar-refractivity contribution in [2.45, 2.75) is 37.6 Å². The summed E-state index contributed by atoms with van der Waals surface area (Å²) in [6, 6.07) is 15.5. The van der Waals surface area contributed by atoms with Gasteiger partial charge in [-0.15, -0.1) is 11.8 Å². The number of aliphatic carboxylic acids is 1. The van der Waals surface area contributed by atoms with Gasteiger partial charge in [-0.2, -0.15) is 0 Å². The molecular weight excluding hydrogens is 334 g/mol. The SMILES string of the molecule is CC(C)(C)c1ccc(Oc2ccc(C3NC(C(=O)O)CS3)cc2)cc1. The molecular formula is C20H23NO3S. The average molecular weight is 357 g/mol. The number of hydrogen-bond acceptors (Lipinski definition) is 4. The molecule has 2 unspecified atom stereocenters. The Kier molecular flexibility index (Phi) is 5.06. The molecule has 1 aliphatic heterocycles. The quantitative estimate of drug-likeness (QED) is 0.840. The van der Waals surface area contributed by atoms with Crippen LogP contribution in [0.2, 0.25) is 0 Å². The smallest absolute Gasteiger partial charge is 0.321 e. The molecule has 1 heterocycles. The summed E-state index contributed by atoms with van der Waals surface area (Å²) < 4.78 is 5.90. The topological polar surface area (TPSA) is 58.6 Å². The van der Waals surface area contributed by atoms with Gasteiger partial charge in [0, 0.05) is 5.75 Å². The van der Waals surface area contributed by atoms with Gasteiger partial charge in [-0.3, -0.25) is 10.1 Å². The number of benzene rings is 2. The van der Waals surface area contributed by atoms with Crippen LogP contribution in [0.5, 0.6) is 11.5 Å². The molecule has 1 saturated heterocycles. The van der Waals surface area contributed by atoms with Gasteiger partial charge in [0.15, 0.2) is 0 Å². The molecule has 4 nitrogen and oxygen atoms in total. The van der Waals surface area contributed by atoms with E-state index in [1.54, 1.807) is 11.8 Å². The predicted molar refractivity (Wildman–Crippen MR) is 101 cm³/mol. The van der Waals surface area contributed by atoms with E-state index in [2.05, 4.69) is 38.2 Å². The van der Waals surface area contributed by atoms with Gasteiger partial charge in [-0.1, -0.05) is 45.0 Å². The van der Waals surface area contributed by atoms with Crippen molar-refractivity contribution in [2.24, 2.45) is 0 Å². The van der Waals surface area contributed by atoms with Crippen molar-refractivity contribution in [3.05, 3.63) is 59.7 Å². The zero-order valence-corrected chi connectivity index (χ0v) is 15.5. The number of hydrogen-bond donors (Lipinski definition) is 2. The Bertz CT molecular complexity index is 735. The predicted octanol–water partition coefficient (Wildman–Crippen LogP) is 4.56. The third-order valence-corrected chi connectivity index (χ3v) is 5.49. The minimum atomic E-state index is -0.798. The van der Waals surface area contributed by atoms with Crippen molar-refractivity contribution >= 4 is 17.7 Å². The van der Waals surface area contributed by atoms with E-state index >= 15 is 0 Å². The van der Waals surface area contributed by atoms with Crippen LogP contribution in [0.4, 0.5) is 0 Å². The number of ether oxygens (including phenoxy) is 1. The lowest BCUT2D eigenvalue weighted by molar-refractivity contribution is -0.138. The van der Waals surface area contributed by atoms with Crippen molar-refractivity contribution in [3.8, 4) is 11.5 Å². The molecule has 2 N–H and O–H groups in total. The number of carbonyl (C=O) groups is 1. The van der Waals surface area contributed by atoms with Crippen LogP contribution >= 0.6 is 11.8 Å². The summed E-state index contributed by atoms with van der Waals surface area (Å²) in [6.07, 6.45) is 0. The van der Waals surface area contributed by atoms with Crippen molar-refractivity contribution in [1.82, 2.24) is 5.32 Å². The molecule has 0 bridgehead atoms. The molecule has 0 spiro atoms. The van der Waals surface area contributed by atoms with E-state index in [-0.39, 0.29) is 10.8 Å². The summed E-state index contributed by atoms with van der Waals surface area (Å²) in [6.45, 7) is 6.56. The fourth-order valence-corrected chi connectivity index (χ4v) is 3.91. The summed E-state index contributed by atoms with van der Waals surface area (Å²) in [7, 11) is 0. The van der Waals surface area contributed by atoms with Crippen molar-refractivity contribution in [1.29, 1.82) is 0 Å². The van der Waals surface area contributed by atoms with Crippen LogP contribution in [0.1, 0.15) is 37.3 Å². The first-order valence-electron chi connectivity index (χ1n) is 8.32. The van der Waals surface area contributed by atoms with Crippen molar-refractivity contribution in [3.63, 3.8) is 0 Å². The maximum absolute atomic E-state index is 11.0. The van der Waals surface area contributed by atoms with Gasteiger partial charge in [-0.05, 0) is 40.8 Å². The van der Waals surface area contributed by atoms with Crippen LogP contribution in [0.15, 0.2) is 48.5 Å². The first kappa shape index (κ1) is 17.8. The molecule has 1 aliphatic rings. The fraction of sp³-hybridized carbons (Fsp3) is 0.350. The minimum absolute atomic E-state index is 0.0150. The molecule has 2 aromatic rings. The van der Waals surface area contributed by atoms with E-state index in [0.717, 1.165) is 17.1 Å². The van der Waals surface area contributed by atoms with Gasteiger partial charge in [0.2, 0.25) is 0 Å². The van der Waals surface area contributed by atoms with Crippen LogP contribution < -0.4 is 10.1 Å². The van der Waals surface area contributed by atoms with Crippen LogP contribution in [-0.4, -0.2) is 22.9 Å².